The molecule has 3 nitrogen and oxygen atoms in total. The fraction of sp³-hybridized carbons (Fsp3) is 0.500. The minimum Gasteiger partial charge on any atom is -0.399 e. The van der Waals surface area contributed by atoms with Crippen LogP contribution in [0.15, 0.2) is 24.3 Å². The summed E-state index contributed by atoms with van der Waals surface area (Å²) in [7, 11) is 0. The second kappa shape index (κ2) is 6.30. The summed E-state index contributed by atoms with van der Waals surface area (Å²) in [6.07, 6.45) is 0. The molecule has 15 heavy (non-hydrogen) atoms. The second-order valence-corrected chi connectivity index (χ2v) is 4.02. The maximum Gasteiger partial charge on any atom is 0.0639 e. The molecule has 0 fully saturated rings. The molecule has 84 valence electrons. The van der Waals surface area contributed by atoms with E-state index in [1.807, 2.05) is 24.3 Å². The van der Waals surface area contributed by atoms with Crippen molar-refractivity contribution >= 4 is 11.4 Å². The Kier molecular flexibility index (Phi) is 4.98. The summed E-state index contributed by atoms with van der Waals surface area (Å²) < 4.78 is 5.45. The molecule has 1 rings (SSSR count). The highest BCUT2D eigenvalue weighted by molar-refractivity contribution is 5.53. The summed E-state index contributed by atoms with van der Waals surface area (Å²) in [5, 5.41) is 3.25. The first-order valence-electron chi connectivity index (χ1n) is 5.35. The van der Waals surface area contributed by atoms with Gasteiger partial charge in [0, 0.05) is 24.5 Å². The van der Waals surface area contributed by atoms with Crippen LogP contribution < -0.4 is 11.1 Å². The maximum absolute atomic E-state index is 5.66. The van der Waals surface area contributed by atoms with Gasteiger partial charge in [-0.25, -0.2) is 0 Å². The van der Waals surface area contributed by atoms with Crippen LogP contribution in [-0.2, 0) is 4.74 Å². The van der Waals surface area contributed by atoms with Crippen molar-refractivity contribution in [2.45, 2.75) is 13.8 Å². The number of anilines is 2. The summed E-state index contributed by atoms with van der Waals surface area (Å²) in [5.41, 5.74) is 7.48. The van der Waals surface area contributed by atoms with Gasteiger partial charge in [-0.05, 0) is 24.1 Å². The van der Waals surface area contributed by atoms with Crippen LogP contribution in [0.1, 0.15) is 13.8 Å². The number of hydrogen-bond donors (Lipinski definition) is 2. The van der Waals surface area contributed by atoms with Gasteiger partial charge in [-0.2, -0.15) is 0 Å². The molecule has 0 amide bonds. The van der Waals surface area contributed by atoms with Crippen LogP contribution in [0, 0.1) is 5.92 Å². The van der Waals surface area contributed by atoms with Crippen LogP contribution in [0.3, 0.4) is 0 Å². The van der Waals surface area contributed by atoms with Crippen LogP contribution in [0.25, 0.3) is 0 Å². The van der Waals surface area contributed by atoms with E-state index in [0.717, 1.165) is 31.1 Å². The van der Waals surface area contributed by atoms with Gasteiger partial charge in [0.15, 0.2) is 0 Å². The third kappa shape index (κ3) is 5.27. The molecule has 1 aromatic rings. The topological polar surface area (TPSA) is 47.3 Å². The van der Waals surface area contributed by atoms with Gasteiger partial charge in [0.05, 0.1) is 6.61 Å². The summed E-state index contributed by atoms with van der Waals surface area (Å²) in [6.45, 7) is 6.65. The van der Waals surface area contributed by atoms with Gasteiger partial charge in [0.25, 0.3) is 0 Å². The lowest BCUT2D eigenvalue weighted by Crippen LogP contribution is -2.12. The Bertz CT molecular complexity index is 287. The molecular formula is C12H20N2O. The summed E-state index contributed by atoms with van der Waals surface area (Å²) in [6, 6.07) is 7.73. The van der Waals surface area contributed by atoms with Gasteiger partial charge >= 0.3 is 0 Å². The van der Waals surface area contributed by atoms with E-state index < -0.39 is 0 Å². The summed E-state index contributed by atoms with van der Waals surface area (Å²) in [5.74, 6) is 0.595. The molecule has 1 aromatic carbocycles. The average molecular weight is 208 g/mol. The zero-order valence-electron chi connectivity index (χ0n) is 9.49. The van der Waals surface area contributed by atoms with Crippen LogP contribution in [0.4, 0.5) is 11.4 Å². The van der Waals surface area contributed by atoms with Crippen LogP contribution in [0.5, 0.6) is 0 Å². The second-order valence-electron chi connectivity index (χ2n) is 4.02. The standard InChI is InChI=1S/C12H20N2O/c1-10(2)9-15-7-6-14-12-5-3-4-11(13)8-12/h3-5,8,10,14H,6-7,9,13H2,1-2H3. The number of benzene rings is 1. The minimum atomic E-state index is 0.595. The van der Waals surface area contributed by atoms with Crippen molar-refractivity contribution in [2.75, 3.05) is 30.8 Å². The Labute approximate surface area is 91.6 Å². The predicted octanol–water partition coefficient (Wildman–Crippen LogP) is 2.35. The molecule has 0 aliphatic heterocycles. The maximum atomic E-state index is 5.66. The molecule has 0 saturated heterocycles. The van der Waals surface area contributed by atoms with Gasteiger partial charge in [-0.3, -0.25) is 0 Å². The number of ether oxygens (including phenoxy) is 1. The Morgan fingerprint density at radius 2 is 2.20 bits per heavy atom. The molecule has 3 N–H and O–H groups in total. The van der Waals surface area contributed by atoms with E-state index in [0.29, 0.717) is 5.92 Å². The Morgan fingerprint density at radius 3 is 2.87 bits per heavy atom. The number of rotatable bonds is 6. The van der Waals surface area contributed by atoms with Crippen molar-refractivity contribution in [3.63, 3.8) is 0 Å². The molecule has 0 heterocycles. The third-order valence-corrected chi connectivity index (χ3v) is 1.91. The zero-order chi connectivity index (χ0) is 11.1. The molecule has 0 unspecified atom stereocenters. The third-order valence-electron chi connectivity index (χ3n) is 1.91. The minimum absolute atomic E-state index is 0.595. The van der Waals surface area contributed by atoms with E-state index >= 15 is 0 Å². The van der Waals surface area contributed by atoms with Gasteiger partial charge in [-0.1, -0.05) is 19.9 Å². The van der Waals surface area contributed by atoms with E-state index in [4.69, 9.17) is 10.5 Å². The fourth-order valence-electron chi connectivity index (χ4n) is 1.24. The molecule has 0 bridgehead atoms. The van der Waals surface area contributed by atoms with Crippen molar-refractivity contribution in [1.29, 1.82) is 0 Å². The highest BCUT2D eigenvalue weighted by Crippen LogP contribution is 2.10. The van der Waals surface area contributed by atoms with Crippen LogP contribution in [0.2, 0.25) is 0 Å². The lowest BCUT2D eigenvalue weighted by molar-refractivity contribution is 0.118. The first-order chi connectivity index (χ1) is 7.18. The highest BCUT2D eigenvalue weighted by atomic mass is 16.5. The Hall–Kier alpha value is -1.22. The van der Waals surface area contributed by atoms with Gasteiger partial charge in [-0.15, -0.1) is 0 Å². The quantitative estimate of drug-likeness (QED) is 0.557. The van der Waals surface area contributed by atoms with Crippen LogP contribution >= 0.6 is 0 Å². The normalized spacial score (nSPS) is 10.6. The monoisotopic (exact) mass is 208 g/mol. The molecule has 0 aliphatic carbocycles. The van der Waals surface area contributed by atoms with Gasteiger partial charge in [0.2, 0.25) is 0 Å². The fourth-order valence-corrected chi connectivity index (χ4v) is 1.24. The molecule has 0 radical (unpaired) electrons. The number of nitrogens with one attached hydrogen (secondary N) is 1. The van der Waals surface area contributed by atoms with Gasteiger partial charge < -0.3 is 15.8 Å². The Morgan fingerprint density at radius 1 is 1.40 bits per heavy atom. The largest absolute Gasteiger partial charge is 0.399 e. The SMILES string of the molecule is CC(C)COCCNc1cccc(N)c1. The first-order valence-corrected chi connectivity index (χ1v) is 5.35. The summed E-state index contributed by atoms with van der Waals surface area (Å²) >= 11 is 0. The molecule has 0 saturated carbocycles. The molecule has 0 spiro atoms. The van der Waals surface area contributed by atoms with Crippen molar-refractivity contribution in [1.82, 2.24) is 0 Å². The molecule has 0 aromatic heterocycles. The molecule has 0 aliphatic rings. The van der Waals surface area contributed by atoms with Gasteiger partial charge in [0.1, 0.15) is 0 Å². The van der Waals surface area contributed by atoms with E-state index in [9.17, 15) is 0 Å². The molecule has 3 heteroatoms. The van der Waals surface area contributed by atoms with Crippen LogP contribution in [-0.4, -0.2) is 19.8 Å². The highest BCUT2D eigenvalue weighted by Gasteiger charge is 1.94. The number of nitrogen functional groups attached to an aromatic ring is 1. The smallest absolute Gasteiger partial charge is 0.0639 e. The first kappa shape index (κ1) is 11.9. The van der Waals surface area contributed by atoms with E-state index in [-0.39, 0.29) is 0 Å². The summed E-state index contributed by atoms with van der Waals surface area (Å²) in [4.78, 5) is 0. The lowest BCUT2D eigenvalue weighted by atomic mass is 10.2. The van der Waals surface area contributed by atoms with Crippen molar-refractivity contribution in [3.8, 4) is 0 Å². The van der Waals surface area contributed by atoms with Crippen molar-refractivity contribution < 1.29 is 4.74 Å². The predicted molar refractivity (Wildman–Crippen MR) is 65.0 cm³/mol. The molecule has 0 atom stereocenters. The zero-order valence-corrected chi connectivity index (χ0v) is 9.49. The lowest BCUT2D eigenvalue weighted by Gasteiger charge is -2.09. The van der Waals surface area contributed by atoms with E-state index in [1.54, 1.807) is 0 Å². The number of nitrogens with two attached hydrogens (primary N) is 1. The Balaban J connectivity index is 2.15. The van der Waals surface area contributed by atoms with Crippen molar-refractivity contribution in [2.24, 2.45) is 5.92 Å². The van der Waals surface area contributed by atoms with E-state index in [2.05, 4.69) is 19.2 Å². The molecular weight excluding hydrogens is 188 g/mol. The van der Waals surface area contributed by atoms with Crippen molar-refractivity contribution in [3.05, 3.63) is 24.3 Å². The van der Waals surface area contributed by atoms with E-state index in [1.165, 1.54) is 0 Å². The number of hydrogen-bond acceptors (Lipinski definition) is 3. The average Bonchev–Trinajstić information content (AvgIpc) is 2.17.